The SMILES string of the molecule is CC(C)COC(C)O.[MgH2]. The first-order valence-electron chi connectivity index (χ1n) is 2.92. The third kappa shape index (κ3) is 12.0. The van der Waals surface area contributed by atoms with Crippen molar-refractivity contribution in [3.05, 3.63) is 0 Å². The van der Waals surface area contributed by atoms with E-state index in [0.717, 1.165) is 0 Å². The van der Waals surface area contributed by atoms with Crippen LogP contribution in [0.3, 0.4) is 0 Å². The van der Waals surface area contributed by atoms with E-state index in [1.165, 1.54) is 0 Å². The number of aliphatic hydroxyl groups is 1. The Morgan fingerprint density at radius 3 is 1.89 bits per heavy atom. The van der Waals surface area contributed by atoms with Crippen LogP contribution >= 0.6 is 0 Å². The van der Waals surface area contributed by atoms with Gasteiger partial charge in [0.2, 0.25) is 0 Å². The zero-order chi connectivity index (χ0) is 6.57. The Labute approximate surface area is 72.7 Å². The Morgan fingerprint density at radius 1 is 1.33 bits per heavy atom. The lowest BCUT2D eigenvalue weighted by atomic mass is 10.2. The number of rotatable bonds is 3. The van der Waals surface area contributed by atoms with Crippen molar-refractivity contribution in [1.82, 2.24) is 0 Å². The van der Waals surface area contributed by atoms with Crippen LogP contribution in [0, 0.1) is 5.92 Å². The first-order chi connectivity index (χ1) is 3.63. The minimum Gasteiger partial charge on any atom is -0.368 e. The monoisotopic (exact) mass is 144 g/mol. The molecule has 9 heavy (non-hydrogen) atoms. The molecule has 0 fully saturated rings. The zero-order valence-corrected chi connectivity index (χ0v) is 5.72. The summed E-state index contributed by atoms with van der Waals surface area (Å²) in [4.78, 5) is 0. The Bertz CT molecular complexity index is 47.0. The highest BCUT2D eigenvalue weighted by Gasteiger charge is 1.95. The van der Waals surface area contributed by atoms with Gasteiger partial charge < -0.3 is 9.84 Å². The Hall–Kier alpha value is 0.686. The highest BCUT2D eigenvalue weighted by atomic mass is 24.3. The van der Waals surface area contributed by atoms with Crippen LogP contribution in [-0.2, 0) is 4.74 Å². The Balaban J connectivity index is 0. The molecule has 0 aromatic carbocycles. The molecule has 3 heteroatoms. The second kappa shape index (κ2) is 6.80. The van der Waals surface area contributed by atoms with Crippen LogP contribution in [0.4, 0.5) is 0 Å². The van der Waals surface area contributed by atoms with Crippen molar-refractivity contribution in [2.45, 2.75) is 27.1 Å². The van der Waals surface area contributed by atoms with Gasteiger partial charge in [-0.3, -0.25) is 0 Å². The van der Waals surface area contributed by atoms with Gasteiger partial charge in [-0.1, -0.05) is 13.8 Å². The van der Waals surface area contributed by atoms with Gasteiger partial charge >= 0.3 is 23.1 Å². The van der Waals surface area contributed by atoms with Crippen LogP contribution in [0.2, 0.25) is 0 Å². The van der Waals surface area contributed by atoms with E-state index in [9.17, 15) is 0 Å². The maximum Gasteiger partial charge on any atom is 0.316 e. The summed E-state index contributed by atoms with van der Waals surface area (Å²) >= 11 is 0. The summed E-state index contributed by atoms with van der Waals surface area (Å²) in [5.74, 6) is 0.504. The second-order valence-corrected chi connectivity index (χ2v) is 2.33. The molecule has 2 nitrogen and oxygen atoms in total. The van der Waals surface area contributed by atoms with Crippen molar-refractivity contribution in [2.24, 2.45) is 5.92 Å². The van der Waals surface area contributed by atoms with Gasteiger partial charge in [-0.2, -0.15) is 0 Å². The van der Waals surface area contributed by atoms with Crippen molar-refractivity contribution in [1.29, 1.82) is 0 Å². The first-order valence-corrected chi connectivity index (χ1v) is 2.92. The summed E-state index contributed by atoms with van der Waals surface area (Å²) in [5.41, 5.74) is 0. The minimum absolute atomic E-state index is 0. The number of hydrogen-bond donors (Lipinski definition) is 1. The predicted molar refractivity (Wildman–Crippen MR) is 41.0 cm³/mol. The molecule has 0 aromatic rings. The van der Waals surface area contributed by atoms with E-state index in [4.69, 9.17) is 9.84 Å². The van der Waals surface area contributed by atoms with Crippen LogP contribution < -0.4 is 0 Å². The molecule has 0 spiro atoms. The van der Waals surface area contributed by atoms with Crippen LogP contribution in [0.25, 0.3) is 0 Å². The molecule has 0 aliphatic carbocycles. The molecular formula is C6H16MgO2. The van der Waals surface area contributed by atoms with E-state index in [1.54, 1.807) is 6.92 Å². The van der Waals surface area contributed by atoms with E-state index in [0.29, 0.717) is 12.5 Å². The Kier molecular flexibility index (Phi) is 9.35. The van der Waals surface area contributed by atoms with Gasteiger partial charge in [-0.15, -0.1) is 0 Å². The second-order valence-electron chi connectivity index (χ2n) is 2.33. The molecule has 0 saturated heterocycles. The van der Waals surface area contributed by atoms with Crippen LogP contribution in [0.15, 0.2) is 0 Å². The van der Waals surface area contributed by atoms with Crippen molar-refractivity contribution in [3.63, 3.8) is 0 Å². The fraction of sp³-hybridized carbons (Fsp3) is 1.00. The molecule has 0 aliphatic rings. The lowest BCUT2D eigenvalue weighted by molar-refractivity contribution is -0.0932. The first kappa shape index (κ1) is 12.4. The molecule has 0 bridgehead atoms. The van der Waals surface area contributed by atoms with Gasteiger partial charge in [-0.25, -0.2) is 0 Å². The third-order valence-electron chi connectivity index (χ3n) is 0.671. The maximum absolute atomic E-state index is 8.58. The molecule has 54 valence electrons. The quantitative estimate of drug-likeness (QED) is 0.449. The van der Waals surface area contributed by atoms with Gasteiger partial charge in [0.15, 0.2) is 6.29 Å². The van der Waals surface area contributed by atoms with E-state index in [-0.39, 0.29) is 23.1 Å². The minimum atomic E-state index is -0.614. The van der Waals surface area contributed by atoms with Gasteiger partial charge in [-0.05, 0) is 12.8 Å². The van der Waals surface area contributed by atoms with Crippen molar-refractivity contribution in [2.75, 3.05) is 6.61 Å². The number of ether oxygens (including phenoxy) is 1. The van der Waals surface area contributed by atoms with Gasteiger partial charge in [0, 0.05) is 0 Å². The number of hydrogen-bond acceptors (Lipinski definition) is 2. The van der Waals surface area contributed by atoms with Gasteiger partial charge in [0.05, 0.1) is 6.61 Å². The summed E-state index contributed by atoms with van der Waals surface area (Å²) < 4.78 is 4.86. The predicted octanol–water partition coefficient (Wildman–Crippen LogP) is 0.0811. The average molecular weight is 144 g/mol. The highest BCUT2D eigenvalue weighted by Crippen LogP contribution is 1.93. The molecule has 0 heterocycles. The highest BCUT2D eigenvalue weighted by molar-refractivity contribution is 5.75. The van der Waals surface area contributed by atoms with Crippen molar-refractivity contribution >= 4 is 23.1 Å². The molecule has 0 amide bonds. The molecule has 0 radical (unpaired) electrons. The van der Waals surface area contributed by atoms with Crippen molar-refractivity contribution in [3.8, 4) is 0 Å². The van der Waals surface area contributed by atoms with E-state index >= 15 is 0 Å². The van der Waals surface area contributed by atoms with E-state index in [2.05, 4.69) is 0 Å². The van der Waals surface area contributed by atoms with Crippen LogP contribution in [-0.4, -0.2) is 41.1 Å². The molecular weight excluding hydrogens is 128 g/mol. The molecule has 0 rings (SSSR count). The summed E-state index contributed by atoms with van der Waals surface area (Å²) in [6.07, 6.45) is -0.614. The smallest absolute Gasteiger partial charge is 0.316 e. The molecule has 1 unspecified atom stereocenters. The normalized spacial score (nSPS) is 13.0. The zero-order valence-electron chi connectivity index (χ0n) is 5.72. The summed E-state index contributed by atoms with van der Waals surface area (Å²) in [6.45, 7) is 6.34. The van der Waals surface area contributed by atoms with E-state index < -0.39 is 6.29 Å². The summed E-state index contributed by atoms with van der Waals surface area (Å²) in [6, 6.07) is 0. The summed E-state index contributed by atoms with van der Waals surface area (Å²) in [7, 11) is 0. The van der Waals surface area contributed by atoms with Crippen LogP contribution in [0.5, 0.6) is 0 Å². The molecule has 1 atom stereocenters. The molecule has 1 N–H and O–H groups in total. The van der Waals surface area contributed by atoms with Crippen molar-refractivity contribution < 1.29 is 9.84 Å². The van der Waals surface area contributed by atoms with Gasteiger partial charge in [0.1, 0.15) is 0 Å². The number of aliphatic hydroxyl groups excluding tert-OH is 1. The molecule has 0 saturated carbocycles. The fourth-order valence-electron chi connectivity index (χ4n) is 0.332. The lowest BCUT2D eigenvalue weighted by Crippen LogP contribution is -2.10. The molecule has 0 aliphatic heterocycles. The summed E-state index contributed by atoms with van der Waals surface area (Å²) in [5, 5.41) is 8.58. The maximum atomic E-state index is 8.58. The van der Waals surface area contributed by atoms with E-state index in [1.807, 2.05) is 13.8 Å². The third-order valence-corrected chi connectivity index (χ3v) is 0.671. The standard InChI is InChI=1S/C6H14O2.Mg.2H/c1-5(2)4-8-6(3)7;;;/h5-7H,4H2,1-3H3;;;. The largest absolute Gasteiger partial charge is 0.368 e. The average Bonchev–Trinajstić information content (AvgIpc) is 1.61. The van der Waals surface area contributed by atoms with Crippen LogP contribution in [0.1, 0.15) is 20.8 Å². The van der Waals surface area contributed by atoms with Gasteiger partial charge in [0.25, 0.3) is 0 Å². The lowest BCUT2D eigenvalue weighted by Gasteiger charge is -2.07. The Morgan fingerprint density at radius 2 is 1.78 bits per heavy atom. The topological polar surface area (TPSA) is 29.5 Å². The molecule has 0 aromatic heterocycles. The fourth-order valence-corrected chi connectivity index (χ4v) is 0.332.